The third-order valence-corrected chi connectivity index (χ3v) is 10.7. The molecule has 0 spiro atoms. The van der Waals surface area contributed by atoms with E-state index in [4.69, 9.17) is 31.0 Å². The van der Waals surface area contributed by atoms with Crippen molar-refractivity contribution in [1.82, 2.24) is 0 Å². The first-order valence-corrected chi connectivity index (χ1v) is 12.8. The first-order chi connectivity index (χ1) is 13.4. The second kappa shape index (κ2) is 7.57. The fraction of sp³-hybridized carbons (Fsp3) is 0.632. The average Bonchev–Trinajstić information content (AvgIpc) is 3.13. The maximum atomic E-state index is 12.9. The van der Waals surface area contributed by atoms with Crippen LogP contribution in [0.2, 0.25) is 23.2 Å². The van der Waals surface area contributed by atoms with Crippen LogP contribution in [-0.4, -0.2) is 49.5 Å². The quantitative estimate of drug-likeness (QED) is 0.182. The Morgan fingerprint density at radius 2 is 2.14 bits per heavy atom. The molecule has 0 aliphatic carbocycles. The number of nitrogens with zero attached hydrogens (tertiary/aromatic N) is 3. The van der Waals surface area contributed by atoms with Gasteiger partial charge in [-0.3, -0.25) is 0 Å². The molecular formula is C19H26ClN3O5Si. The van der Waals surface area contributed by atoms with Gasteiger partial charge in [0.15, 0.2) is 8.32 Å². The number of fused-ring (bicyclic) bond motifs is 2. The van der Waals surface area contributed by atoms with Crippen molar-refractivity contribution in [3.8, 4) is 0 Å². The molecule has 2 fully saturated rings. The van der Waals surface area contributed by atoms with Gasteiger partial charge in [-0.05, 0) is 48.3 Å². The number of carbonyl (C=O) groups is 1. The maximum Gasteiger partial charge on any atom is 0.340 e. The first kappa shape index (κ1) is 22.1. The van der Waals surface area contributed by atoms with Crippen LogP contribution in [0.1, 0.15) is 37.6 Å². The molecule has 10 heteroatoms. The summed E-state index contributed by atoms with van der Waals surface area (Å²) in [5.41, 5.74) is 9.03. The predicted molar refractivity (Wildman–Crippen MR) is 110 cm³/mol. The first-order valence-electron chi connectivity index (χ1n) is 9.48. The molecule has 0 saturated carbocycles. The minimum Gasteiger partial charge on any atom is -0.425 e. The lowest BCUT2D eigenvalue weighted by atomic mass is 9.88. The molecular weight excluding hydrogens is 414 g/mol. The van der Waals surface area contributed by atoms with Gasteiger partial charge in [0.25, 0.3) is 5.79 Å². The third-order valence-electron chi connectivity index (χ3n) is 6.06. The van der Waals surface area contributed by atoms with Crippen LogP contribution in [0.3, 0.4) is 0 Å². The summed E-state index contributed by atoms with van der Waals surface area (Å²) in [5.74, 6) is -2.34. The maximum absolute atomic E-state index is 12.9. The molecule has 2 heterocycles. The van der Waals surface area contributed by atoms with Crippen LogP contribution in [0.5, 0.6) is 0 Å². The molecule has 1 N–H and O–H groups in total. The molecule has 158 valence electrons. The summed E-state index contributed by atoms with van der Waals surface area (Å²) < 4.78 is 18.2. The predicted octanol–water partition coefficient (Wildman–Crippen LogP) is 4.43. The number of aliphatic hydroxyl groups is 1. The summed E-state index contributed by atoms with van der Waals surface area (Å²) in [6.45, 7) is 10.2. The highest BCUT2D eigenvalue weighted by molar-refractivity contribution is 6.74. The summed E-state index contributed by atoms with van der Waals surface area (Å²) >= 11 is 6.00. The minimum absolute atomic E-state index is 0.200. The van der Waals surface area contributed by atoms with Gasteiger partial charge < -0.3 is 19.0 Å². The van der Waals surface area contributed by atoms with Gasteiger partial charge in [-0.15, -0.1) is 0 Å². The van der Waals surface area contributed by atoms with E-state index in [1.54, 1.807) is 18.2 Å². The van der Waals surface area contributed by atoms with Crippen molar-refractivity contribution in [2.75, 3.05) is 0 Å². The molecule has 0 radical (unpaired) electrons. The zero-order valence-electron chi connectivity index (χ0n) is 17.1. The fourth-order valence-electron chi connectivity index (χ4n) is 3.48. The highest BCUT2D eigenvalue weighted by atomic mass is 35.5. The van der Waals surface area contributed by atoms with Crippen LogP contribution in [0, 0.1) is 0 Å². The van der Waals surface area contributed by atoms with E-state index in [0.29, 0.717) is 11.4 Å². The van der Waals surface area contributed by atoms with Crippen molar-refractivity contribution in [3.63, 3.8) is 0 Å². The largest absolute Gasteiger partial charge is 0.425 e. The van der Waals surface area contributed by atoms with E-state index in [2.05, 4.69) is 30.8 Å². The van der Waals surface area contributed by atoms with Gasteiger partial charge in [0.2, 0.25) is 0 Å². The van der Waals surface area contributed by atoms with Crippen molar-refractivity contribution < 1.29 is 23.8 Å². The lowest BCUT2D eigenvalue weighted by molar-refractivity contribution is -0.224. The highest BCUT2D eigenvalue weighted by Crippen LogP contribution is 2.50. The Balaban J connectivity index is 1.98. The molecule has 2 aliphatic rings. The number of hydrogen-bond acceptors (Lipinski definition) is 6. The minimum atomic E-state index is -2.49. The molecule has 0 aromatic heterocycles. The number of carbonyl (C=O) groups excluding carboxylic acids is 1. The number of rotatable bonds is 5. The van der Waals surface area contributed by atoms with Gasteiger partial charge in [0.05, 0.1) is 17.7 Å². The van der Waals surface area contributed by atoms with E-state index < -0.39 is 44.4 Å². The lowest BCUT2D eigenvalue weighted by Crippen LogP contribution is -2.63. The Morgan fingerprint density at radius 3 is 2.69 bits per heavy atom. The lowest BCUT2D eigenvalue weighted by Gasteiger charge is -2.47. The molecule has 2 aliphatic heterocycles. The Labute approximate surface area is 175 Å². The number of azide groups is 1. The molecule has 2 bridgehead atoms. The second-order valence-corrected chi connectivity index (χ2v) is 14.2. The second-order valence-electron chi connectivity index (χ2n) is 9.03. The summed E-state index contributed by atoms with van der Waals surface area (Å²) in [6, 6.07) is 5.83. The van der Waals surface area contributed by atoms with Crippen LogP contribution >= 0.6 is 11.6 Å². The molecule has 1 aromatic rings. The topological polar surface area (TPSA) is 114 Å². The van der Waals surface area contributed by atoms with Gasteiger partial charge in [0.1, 0.15) is 12.2 Å². The summed E-state index contributed by atoms with van der Waals surface area (Å²) in [6.07, 6.45) is -2.53. The monoisotopic (exact) mass is 439 g/mol. The number of aliphatic hydroxyl groups excluding tert-OH is 1. The summed E-state index contributed by atoms with van der Waals surface area (Å²) in [5, 5.41) is 15.0. The Bertz CT molecular complexity index is 850. The van der Waals surface area contributed by atoms with Crippen LogP contribution in [0.25, 0.3) is 10.4 Å². The standard InChI is InChI=1S/C19H26ClN3O5Si/c1-18(2,3)29(4,5)28-19(27-17(25)11-7-6-8-12(20)9-11)14-10-13(22-23-21)15(26-14)16(19)24/h6-9,13-16,24H,10H2,1-5H3/t13-,14+,15-,16-,19-/m0/s1. The van der Waals surface area contributed by atoms with Crippen molar-refractivity contribution in [1.29, 1.82) is 0 Å². The van der Waals surface area contributed by atoms with Gasteiger partial charge in [-0.25, -0.2) is 4.79 Å². The number of hydrogen-bond donors (Lipinski definition) is 1. The van der Waals surface area contributed by atoms with Crippen molar-refractivity contribution in [2.45, 2.75) is 75.5 Å². The van der Waals surface area contributed by atoms with E-state index >= 15 is 0 Å². The zero-order chi connectivity index (χ0) is 21.6. The van der Waals surface area contributed by atoms with Gasteiger partial charge in [0, 0.05) is 9.93 Å². The molecule has 0 unspecified atom stereocenters. The van der Waals surface area contributed by atoms with E-state index in [-0.39, 0.29) is 10.6 Å². The SMILES string of the molecule is CC(C)(C)[Si](C)(C)O[C@@]1(OC(=O)c2cccc(Cl)c2)[C@H]2C[C@H](N=[N+]=[N-])[C@H](O2)[C@@H]1O. The molecule has 5 atom stereocenters. The molecule has 29 heavy (non-hydrogen) atoms. The molecule has 1 aromatic carbocycles. The fourth-order valence-corrected chi connectivity index (χ4v) is 5.06. The molecule has 0 amide bonds. The summed E-state index contributed by atoms with van der Waals surface area (Å²) in [7, 11) is -2.49. The smallest absolute Gasteiger partial charge is 0.340 e. The normalized spacial score (nSPS) is 31.4. The number of halogens is 1. The Hall–Kier alpha value is -1.61. The van der Waals surface area contributed by atoms with Crippen LogP contribution < -0.4 is 0 Å². The molecule has 2 saturated heterocycles. The average molecular weight is 440 g/mol. The Morgan fingerprint density at radius 1 is 1.45 bits per heavy atom. The third kappa shape index (κ3) is 3.91. The van der Waals surface area contributed by atoms with E-state index in [9.17, 15) is 9.90 Å². The van der Waals surface area contributed by atoms with Crippen LogP contribution in [-0.2, 0) is 13.9 Å². The Kier molecular flexibility index (Phi) is 5.77. The highest BCUT2D eigenvalue weighted by Gasteiger charge is 2.68. The number of esters is 1. The molecule has 8 nitrogen and oxygen atoms in total. The van der Waals surface area contributed by atoms with E-state index in [0.717, 1.165) is 0 Å². The number of benzene rings is 1. The van der Waals surface area contributed by atoms with Gasteiger partial charge in [-0.2, -0.15) is 0 Å². The van der Waals surface area contributed by atoms with Crippen LogP contribution in [0.15, 0.2) is 29.4 Å². The molecule has 3 rings (SSSR count). The van der Waals surface area contributed by atoms with E-state index in [1.807, 2.05) is 13.1 Å². The van der Waals surface area contributed by atoms with Gasteiger partial charge in [-0.1, -0.05) is 43.6 Å². The van der Waals surface area contributed by atoms with Crippen molar-refractivity contribution >= 4 is 25.9 Å². The van der Waals surface area contributed by atoms with E-state index in [1.165, 1.54) is 6.07 Å². The number of ether oxygens (including phenoxy) is 2. The van der Waals surface area contributed by atoms with Gasteiger partial charge >= 0.3 is 5.97 Å². The van der Waals surface area contributed by atoms with Crippen LogP contribution in [0.4, 0.5) is 0 Å². The van der Waals surface area contributed by atoms with Crippen molar-refractivity contribution in [3.05, 3.63) is 45.3 Å². The van der Waals surface area contributed by atoms with Crippen molar-refractivity contribution in [2.24, 2.45) is 5.11 Å². The zero-order valence-corrected chi connectivity index (χ0v) is 18.9. The summed E-state index contributed by atoms with van der Waals surface area (Å²) in [4.78, 5) is 15.8.